The number of aliphatic carboxylic acids is 1. The minimum absolute atomic E-state index is 0.00370. The summed E-state index contributed by atoms with van der Waals surface area (Å²) in [6.45, 7) is 9.65. The summed E-state index contributed by atoms with van der Waals surface area (Å²) in [7, 11) is 0. The summed E-state index contributed by atoms with van der Waals surface area (Å²) in [6.07, 6.45) is 0.00370. The molecule has 0 aliphatic rings. The van der Waals surface area contributed by atoms with E-state index in [4.69, 9.17) is 5.11 Å². The average Bonchev–Trinajstić information content (AvgIpc) is 2.18. The number of phenolic OH excluding ortho intramolecular Hbond substituents is 1. The van der Waals surface area contributed by atoms with Gasteiger partial charge in [0, 0.05) is 11.0 Å². The minimum atomic E-state index is -0.851. The molecule has 0 spiro atoms. The standard InChI is InChI=1S/C15H22O3/c1-9(2)11-7-6-10(3)14(18)13(11)15(4,5)8-12(16)17/h6-7,9,18H,8H2,1-5H3,(H,16,17). The number of hydrogen-bond acceptors (Lipinski definition) is 2. The molecule has 0 atom stereocenters. The van der Waals surface area contributed by atoms with E-state index in [0.29, 0.717) is 0 Å². The van der Waals surface area contributed by atoms with Crippen LogP contribution in [0.15, 0.2) is 12.1 Å². The largest absolute Gasteiger partial charge is 0.507 e. The first-order valence-corrected chi connectivity index (χ1v) is 6.21. The molecular formula is C15H22O3. The Bertz CT molecular complexity index is 459. The van der Waals surface area contributed by atoms with Crippen molar-refractivity contribution in [3.63, 3.8) is 0 Å². The number of hydrogen-bond donors (Lipinski definition) is 2. The van der Waals surface area contributed by atoms with Crippen LogP contribution in [0.5, 0.6) is 5.75 Å². The van der Waals surface area contributed by atoms with Crippen molar-refractivity contribution < 1.29 is 15.0 Å². The van der Waals surface area contributed by atoms with E-state index in [0.717, 1.165) is 16.7 Å². The highest BCUT2D eigenvalue weighted by molar-refractivity contribution is 5.69. The zero-order valence-corrected chi connectivity index (χ0v) is 11.7. The second-order valence-electron chi connectivity index (χ2n) is 5.80. The maximum Gasteiger partial charge on any atom is 0.304 e. The Kier molecular flexibility index (Phi) is 4.05. The first-order valence-electron chi connectivity index (χ1n) is 6.21. The molecule has 0 saturated heterocycles. The molecule has 2 N–H and O–H groups in total. The molecule has 0 saturated carbocycles. The molecule has 3 heteroatoms. The van der Waals surface area contributed by atoms with E-state index in [1.54, 1.807) is 0 Å². The van der Waals surface area contributed by atoms with Crippen LogP contribution in [-0.2, 0) is 10.2 Å². The predicted molar refractivity (Wildman–Crippen MR) is 72.2 cm³/mol. The maximum atomic E-state index is 11.0. The molecule has 0 aliphatic carbocycles. The summed E-state index contributed by atoms with van der Waals surface area (Å²) < 4.78 is 0. The number of aryl methyl sites for hydroxylation is 1. The van der Waals surface area contributed by atoms with Gasteiger partial charge in [-0.2, -0.15) is 0 Å². The van der Waals surface area contributed by atoms with Crippen molar-refractivity contribution in [2.24, 2.45) is 0 Å². The third-order valence-electron chi connectivity index (χ3n) is 3.30. The van der Waals surface area contributed by atoms with Crippen molar-refractivity contribution >= 4 is 5.97 Å². The van der Waals surface area contributed by atoms with Crippen LogP contribution in [0.1, 0.15) is 56.7 Å². The molecule has 1 aromatic rings. The van der Waals surface area contributed by atoms with Gasteiger partial charge in [-0.15, -0.1) is 0 Å². The molecular weight excluding hydrogens is 228 g/mol. The zero-order valence-electron chi connectivity index (χ0n) is 11.7. The van der Waals surface area contributed by atoms with Crippen molar-refractivity contribution in [2.45, 2.75) is 52.4 Å². The van der Waals surface area contributed by atoms with E-state index in [2.05, 4.69) is 0 Å². The smallest absolute Gasteiger partial charge is 0.304 e. The molecule has 0 aromatic heterocycles. The molecule has 0 bridgehead atoms. The molecule has 1 rings (SSSR count). The monoisotopic (exact) mass is 250 g/mol. The van der Waals surface area contributed by atoms with Crippen LogP contribution in [0.2, 0.25) is 0 Å². The van der Waals surface area contributed by atoms with Crippen molar-refractivity contribution in [3.8, 4) is 5.75 Å². The lowest BCUT2D eigenvalue weighted by molar-refractivity contribution is -0.138. The number of carbonyl (C=O) groups is 1. The quantitative estimate of drug-likeness (QED) is 0.858. The van der Waals surface area contributed by atoms with Crippen molar-refractivity contribution in [3.05, 3.63) is 28.8 Å². The highest BCUT2D eigenvalue weighted by Gasteiger charge is 2.30. The summed E-state index contributed by atoms with van der Waals surface area (Å²) in [5.74, 6) is -0.373. The van der Waals surface area contributed by atoms with Crippen molar-refractivity contribution in [1.29, 1.82) is 0 Å². The minimum Gasteiger partial charge on any atom is -0.507 e. The fourth-order valence-electron chi connectivity index (χ4n) is 2.37. The lowest BCUT2D eigenvalue weighted by Crippen LogP contribution is -2.24. The molecule has 0 heterocycles. The van der Waals surface area contributed by atoms with Crippen LogP contribution in [-0.4, -0.2) is 16.2 Å². The Balaban J connectivity index is 3.45. The van der Waals surface area contributed by atoms with Crippen molar-refractivity contribution in [1.82, 2.24) is 0 Å². The number of aromatic hydroxyl groups is 1. The van der Waals surface area contributed by atoms with Gasteiger partial charge >= 0.3 is 5.97 Å². The van der Waals surface area contributed by atoms with E-state index in [1.807, 2.05) is 46.8 Å². The van der Waals surface area contributed by atoms with Crippen LogP contribution < -0.4 is 0 Å². The van der Waals surface area contributed by atoms with Crippen LogP contribution in [0.3, 0.4) is 0 Å². The summed E-state index contributed by atoms with van der Waals surface area (Å²) in [5, 5.41) is 19.3. The molecule has 18 heavy (non-hydrogen) atoms. The van der Waals surface area contributed by atoms with Crippen molar-refractivity contribution in [2.75, 3.05) is 0 Å². The molecule has 100 valence electrons. The van der Waals surface area contributed by atoms with Gasteiger partial charge in [-0.05, 0) is 24.0 Å². The molecule has 0 radical (unpaired) electrons. The van der Waals surface area contributed by atoms with Gasteiger partial charge in [0.25, 0.3) is 0 Å². The lowest BCUT2D eigenvalue weighted by atomic mass is 9.75. The van der Waals surface area contributed by atoms with E-state index >= 15 is 0 Å². The maximum absolute atomic E-state index is 11.0. The molecule has 0 amide bonds. The van der Waals surface area contributed by atoms with Crippen LogP contribution in [0.25, 0.3) is 0 Å². The van der Waals surface area contributed by atoms with Gasteiger partial charge in [0.05, 0.1) is 6.42 Å². The number of carboxylic acids is 1. The Labute approximate surface area is 108 Å². The number of benzene rings is 1. The molecule has 0 aliphatic heterocycles. The molecule has 0 fully saturated rings. The predicted octanol–water partition coefficient (Wildman–Crippen LogP) is 3.58. The van der Waals surface area contributed by atoms with Gasteiger partial charge < -0.3 is 10.2 Å². The van der Waals surface area contributed by atoms with Crippen LogP contribution >= 0.6 is 0 Å². The Morgan fingerprint density at radius 2 is 1.89 bits per heavy atom. The van der Waals surface area contributed by atoms with Gasteiger partial charge in [-0.25, -0.2) is 0 Å². The number of rotatable bonds is 4. The fourth-order valence-corrected chi connectivity index (χ4v) is 2.37. The molecule has 1 aromatic carbocycles. The first-order chi connectivity index (χ1) is 8.16. The fraction of sp³-hybridized carbons (Fsp3) is 0.533. The SMILES string of the molecule is Cc1ccc(C(C)C)c(C(C)(C)CC(=O)O)c1O. The molecule has 0 unspecified atom stereocenters. The van der Waals surface area contributed by atoms with Gasteiger partial charge in [-0.3, -0.25) is 4.79 Å². The van der Waals surface area contributed by atoms with Gasteiger partial charge in [0.2, 0.25) is 0 Å². The zero-order chi connectivity index (χ0) is 14.1. The summed E-state index contributed by atoms with van der Waals surface area (Å²) in [5.41, 5.74) is 1.98. The number of carboxylic acid groups (broad SMARTS) is 1. The van der Waals surface area contributed by atoms with E-state index < -0.39 is 11.4 Å². The third-order valence-corrected chi connectivity index (χ3v) is 3.30. The number of phenols is 1. The second kappa shape index (κ2) is 5.01. The lowest BCUT2D eigenvalue weighted by Gasteiger charge is -2.29. The van der Waals surface area contributed by atoms with Crippen LogP contribution in [0.4, 0.5) is 0 Å². The Morgan fingerprint density at radius 3 is 2.33 bits per heavy atom. The summed E-state index contributed by atoms with van der Waals surface area (Å²) in [6, 6.07) is 3.86. The Morgan fingerprint density at radius 1 is 1.33 bits per heavy atom. The van der Waals surface area contributed by atoms with Gasteiger partial charge in [-0.1, -0.05) is 39.8 Å². The first kappa shape index (κ1) is 14.6. The van der Waals surface area contributed by atoms with Gasteiger partial charge in [0.15, 0.2) is 0 Å². The summed E-state index contributed by atoms with van der Waals surface area (Å²) >= 11 is 0. The van der Waals surface area contributed by atoms with Gasteiger partial charge in [0.1, 0.15) is 5.75 Å². The van der Waals surface area contributed by atoms with E-state index in [-0.39, 0.29) is 18.1 Å². The third kappa shape index (κ3) is 2.84. The highest BCUT2D eigenvalue weighted by atomic mass is 16.4. The normalized spacial score (nSPS) is 11.9. The molecule has 3 nitrogen and oxygen atoms in total. The van der Waals surface area contributed by atoms with E-state index in [1.165, 1.54) is 0 Å². The summed E-state index contributed by atoms with van der Waals surface area (Å²) in [4.78, 5) is 11.0. The highest BCUT2D eigenvalue weighted by Crippen LogP contribution is 2.40. The topological polar surface area (TPSA) is 57.5 Å². The Hall–Kier alpha value is -1.51. The van der Waals surface area contributed by atoms with E-state index in [9.17, 15) is 9.90 Å². The van der Waals surface area contributed by atoms with Crippen LogP contribution in [0, 0.1) is 6.92 Å². The second-order valence-corrected chi connectivity index (χ2v) is 5.80. The average molecular weight is 250 g/mol.